The van der Waals surface area contributed by atoms with Crippen molar-refractivity contribution in [3.8, 4) is 0 Å². The van der Waals surface area contributed by atoms with Crippen LogP contribution in [0.25, 0.3) is 6.08 Å². The fraction of sp³-hybridized carbons (Fsp3) is 0.0909. The zero-order valence-corrected chi connectivity index (χ0v) is 7.76. The highest BCUT2D eigenvalue weighted by molar-refractivity contribution is 5.79. The van der Waals surface area contributed by atoms with Crippen molar-refractivity contribution in [2.75, 3.05) is 16.9 Å². The second-order valence-corrected chi connectivity index (χ2v) is 3.06. The smallest absolute Gasteiger partial charge is 0.156 e. The first-order valence-corrected chi connectivity index (χ1v) is 4.36. The van der Waals surface area contributed by atoms with E-state index < -0.39 is 0 Å². The molecular weight excluding hydrogens is 179 g/mol. The van der Waals surface area contributed by atoms with Gasteiger partial charge in [0.25, 0.3) is 0 Å². The number of fused-ring (bicyclic) bond motifs is 1. The van der Waals surface area contributed by atoms with Crippen molar-refractivity contribution in [1.29, 1.82) is 0 Å². The molecule has 1 N–H and O–H groups in total. The summed E-state index contributed by atoms with van der Waals surface area (Å²) in [6.07, 6.45) is 3.12. The Morgan fingerprint density at radius 3 is 2.86 bits per heavy atom. The van der Waals surface area contributed by atoms with Gasteiger partial charge in [-0.25, -0.2) is 4.39 Å². The van der Waals surface area contributed by atoms with Crippen LogP contribution in [0.15, 0.2) is 31.5 Å². The van der Waals surface area contributed by atoms with Crippen molar-refractivity contribution in [3.63, 3.8) is 0 Å². The van der Waals surface area contributed by atoms with Crippen molar-refractivity contribution < 1.29 is 4.39 Å². The molecule has 0 atom stereocenters. The maximum atomic E-state index is 13.8. The summed E-state index contributed by atoms with van der Waals surface area (Å²) < 4.78 is 13.8. The van der Waals surface area contributed by atoms with E-state index in [1.807, 2.05) is 6.07 Å². The molecule has 0 bridgehead atoms. The van der Waals surface area contributed by atoms with Gasteiger partial charge in [-0.1, -0.05) is 19.2 Å². The topological polar surface area (TPSA) is 15.3 Å². The Kier molecular flexibility index (Phi) is 2.00. The van der Waals surface area contributed by atoms with Gasteiger partial charge in [-0.05, 0) is 18.3 Å². The fourth-order valence-electron chi connectivity index (χ4n) is 1.57. The minimum atomic E-state index is -0.248. The normalized spacial score (nSPS) is 13.4. The Morgan fingerprint density at radius 2 is 2.21 bits per heavy atom. The van der Waals surface area contributed by atoms with Crippen molar-refractivity contribution in [2.45, 2.75) is 0 Å². The molecule has 1 heterocycles. The third-order valence-electron chi connectivity index (χ3n) is 2.31. The summed E-state index contributed by atoms with van der Waals surface area (Å²) in [4.78, 5) is 1.73. The molecule has 0 saturated carbocycles. The molecule has 72 valence electrons. The summed E-state index contributed by atoms with van der Waals surface area (Å²) in [6, 6.07) is 3.56. The molecule has 0 aliphatic carbocycles. The number of hydrogen-bond acceptors (Lipinski definition) is 2. The maximum absolute atomic E-state index is 13.8. The SMILES string of the molecule is C=Cc1ccc2c(c1F)N(C=C)CN2. The van der Waals surface area contributed by atoms with E-state index >= 15 is 0 Å². The first kappa shape index (κ1) is 8.81. The van der Waals surface area contributed by atoms with Gasteiger partial charge in [0.15, 0.2) is 5.82 Å². The van der Waals surface area contributed by atoms with E-state index in [-0.39, 0.29) is 5.82 Å². The number of hydrogen-bond donors (Lipinski definition) is 1. The van der Waals surface area contributed by atoms with E-state index in [1.54, 1.807) is 17.2 Å². The molecule has 1 aliphatic heterocycles. The first-order chi connectivity index (χ1) is 6.77. The standard InChI is InChI=1S/C11H11FN2/c1-3-8-5-6-9-11(10(8)12)14(4-2)7-13-9/h3-6,13H,1-2,7H2. The van der Waals surface area contributed by atoms with Gasteiger partial charge in [0.05, 0.1) is 12.4 Å². The Morgan fingerprint density at radius 1 is 1.43 bits per heavy atom. The number of nitrogens with one attached hydrogen (secondary N) is 1. The second kappa shape index (κ2) is 3.18. The lowest BCUT2D eigenvalue weighted by atomic mass is 10.1. The molecule has 0 spiro atoms. The van der Waals surface area contributed by atoms with Crippen molar-refractivity contribution in [2.24, 2.45) is 0 Å². The fourth-order valence-corrected chi connectivity index (χ4v) is 1.57. The molecule has 0 aromatic heterocycles. The predicted octanol–water partition coefficient (Wildman–Crippen LogP) is 2.80. The molecular formula is C11H11FN2. The van der Waals surface area contributed by atoms with Crippen LogP contribution in [0.3, 0.4) is 0 Å². The quantitative estimate of drug-likeness (QED) is 0.771. The van der Waals surface area contributed by atoms with Crippen LogP contribution in [-0.2, 0) is 0 Å². The molecule has 0 radical (unpaired) electrons. The zero-order valence-electron chi connectivity index (χ0n) is 7.76. The highest BCUT2D eigenvalue weighted by atomic mass is 19.1. The largest absolute Gasteiger partial charge is 0.366 e. The molecule has 14 heavy (non-hydrogen) atoms. The highest BCUT2D eigenvalue weighted by Gasteiger charge is 2.21. The van der Waals surface area contributed by atoms with Gasteiger partial charge >= 0.3 is 0 Å². The van der Waals surface area contributed by atoms with Crippen LogP contribution in [0, 0.1) is 5.82 Å². The monoisotopic (exact) mass is 190 g/mol. The van der Waals surface area contributed by atoms with Gasteiger partial charge in [0.1, 0.15) is 5.69 Å². The molecule has 1 aliphatic rings. The van der Waals surface area contributed by atoms with Gasteiger partial charge < -0.3 is 10.2 Å². The Balaban J connectivity index is 2.61. The third kappa shape index (κ3) is 1.09. The van der Waals surface area contributed by atoms with Crippen LogP contribution in [0.1, 0.15) is 5.56 Å². The maximum Gasteiger partial charge on any atom is 0.156 e. The highest BCUT2D eigenvalue weighted by Crippen LogP contribution is 2.35. The Bertz CT molecular complexity index is 399. The van der Waals surface area contributed by atoms with Gasteiger partial charge in [0, 0.05) is 5.56 Å². The molecule has 3 heteroatoms. The van der Waals surface area contributed by atoms with Crippen LogP contribution in [0.4, 0.5) is 15.8 Å². The van der Waals surface area contributed by atoms with Crippen LogP contribution >= 0.6 is 0 Å². The summed E-state index contributed by atoms with van der Waals surface area (Å²) in [6.45, 7) is 7.76. The molecule has 2 rings (SSSR count). The van der Waals surface area contributed by atoms with E-state index in [1.165, 1.54) is 6.08 Å². The van der Waals surface area contributed by atoms with Gasteiger partial charge in [-0.3, -0.25) is 0 Å². The number of anilines is 2. The lowest BCUT2D eigenvalue weighted by Crippen LogP contribution is -2.15. The van der Waals surface area contributed by atoms with Crippen molar-refractivity contribution in [3.05, 3.63) is 42.9 Å². The minimum absolute atomic E-state index is 0.248. The van der Waals surface area contributed by atoms with E-state index in [4.69, 9.17) is 0 Å². The van der Waals surface area contributed by atoms with Gasteiger partial charge in [-0.15, -0.1) is 0 Å². The van der Waals surface area contributed by atoms with E-state index in [0.717, 1.165) is 5.69 Å². The molecule has 0 unspecified atom stereocenters. The van der Waals surface area contributed by atoms with Crippen LogP contribution in [-0.4, -0.2) is 6.67 Å². The van der Waals surface area contributed by atoms with E-state index in [0.29, 0.717) is 17.9 Å². The van der Waals surface area contributed by atoms with Gasteiger partial charge in [-0.2, -0.15) is 0 Å². The molecule has 1 aromatic carbocycles. The minimum Gasteiger partial charge on any atom is -0.366 e. The molecule has 0 amide bonds. The summed E-state index contributed by atoms with van der Waals surface area (Å²) in [5.74, 6) is -0.248. The second-order valence-electron chi connectivity index (χ2n) is 3.06. The van der Waals surface area contributed by atoms with Crippen molar-refractivity contribution in [1.82, 2.24) is 0 Å². The molecule has 0 fully saturated rings. The van der Waals surface area contributed by atoms with Crippen LogP contribution < -0.4 is 10.2 Å². The number of benzene rings is 1. The van der Waals surface area contributed by atoms with Crippen LogP contribution in [0.5, 0.6) is 0 Å². The summed E-state index contributed by atoms with van der Waals surface area (Å²) in [7, 11) is 0. The Labute approximate surface area is 82.3 Å². The first-order valence-electron chi connectivity index (χ1n) is 4.36. The third-order valence-corrected chi connectivity index (χ3v) is 2.31. The number of nitrogens with zero attached hydrogens (tertiary/aromatic N) is 1. The van der Waals surface area contributed by atoms with Crippen molar-refractivity contribution >= 4 is 17.5 Å². The summed E-state index contributed by atoms with van der Waals surface area (Å²) >= 11 is 0. The number of halogens is 1. The molecule has 1 aromatic rings. The molecule has 2 nitrogen and oxygen atoms in total. The zero-order chi connectivity index (χ0) is 10.1. The average Bonchev–Trinajstić information content (AvgIpc) is 2.62. The Hall–Kier alpha value is -1.77. The number of rotatable bonds is 2. The molecule has 0 saturated heterocycles. The lowest BCUT2D eigenvalue weighted by Gasteiger charge is -2.12. The lowest BCUT2D eigenvalue weighted by molar-refractivity contribution is 0.626. The van der Waals surface area contributed by atoms with E-state index in [9.17, 15) is 4.39 Å². The van der Waals surface area contributed by atoms with Crippen LogP contribution in [0.2, 0.25) is 0 Å². The summed E-state index contributed by atoms with van der Waals surface area (Å²) in [5, 5.41) is 3.07. The predicted molar refractivity (Wildman–Crippen MR) is 57.7 cm³/mol. The van der Waals surface area contributed by atoms with Gasteiger partial charge in [0.2, 0.25) is 0 Å². The summed E-state index contributed by atoms with van der Waals surface area (Å²) in [5.41, 5.74) is 1.87. The van der Waals surface area contributed by atoms with E-state index in [2.05, 4.69) is 18.5 Å². The average molecular weight is 190 g/mol.